The summed E-state index contributed by atoms with van der Waals surface area (Å²) in [7, 11) is -2.24. The second-order valence-corrected chi connectivity index (χ2v) is 9.62. The number of alkyl halides is 2. The standard InChI is InChI=1S/C23H28F2N2O5S/c1-3-31-20-15-17(11-12-19(20)32-23(24)25)16-26(2)22(28)18-9-5-6-10-21(18)33(29,30)27-13-7-4-8-14-27/h5-6,9-12,15,23H,3-4,7-8,13-14,16H2,1-2H3. The van der Waals surface area contributed by atoms with Crippen LogP contribution in [0.5, 0.6) is 11.5 Å². The molecule has 7 nitrogen and oxygen atoms in total. The van der Waals surface area contributed by atoms with E-state index >= 15 is 0 Å². The summed E-state index contributed by atoms with van der Waals surface area (Å²) < 4.78 is 63.0. The van der Waals surface area contributed by atoms with E-state index in [2.05, 4.69) is 4.74 Å². The number of halogens is 2. The maximum Gasteiger partial charge on any atom is 0.387 e. The number of hydrogen-bond donors (Lipinski definition) is 0. The van der Waals surface area contributed by atoms with Gasteiger partial charge in [-0.15, -0.1) is 0 Å². The summed E-state index contributed by atoms with van der Waals surface area (Å²) in [4.78, 5) is 14.6. The third kappa shape index (κ3) is 6.00. The summed E-state index contributed by atoms with van der Waals surface area (Å²) in [6.45, 7) is -0.0284. The van der Waals surface area contributed by atoms with Gasteiger partial charge in [-0.3, -0.25) is 4.79 Å². The molecule has 33 heavy (non-hydrogen) atoms. The van der Waals surface area contributed by atoms with Crippen molar-refractivity contribution >= 4 is 15.9 Å². The lowest BCUT2D eigenvalue weighted by atomic mass is 10.1. The van der Waals surface area contributed by atoms with E-state index in [1.165, 1.54) is 33.5 Å². The summed E-state index contributed by atoms with van der Waals surface area (Å²) in [5.41, 5.74) is 0.709. The largest absolute Gasteiger partial charge is 0.490 e. The zero-order valence-corrected chi connectivity index (χ0v) is 19.5. The average Bonchev–Trinajstić information content (AvgIpc) is 2.80. The lowest BCUT2D eigenvalue weighted by molar-refractivity contribution is -0.0514. The molecule has 1 aliphatic heterocycles. The molecule has 0 aliphatic carbocycles. The first-order valence-corrected chi connectivity index (χ1v) is 12.2. The number of carbonyl (C=O) groups is 1. The molecule has 1 saturated heterocycles. The summed E-state index contributed by atoms with van der Waals surface area (Å²) in [6, 6.07) is 10.6. The van der Waals surface area contributed by atoms with E-state index in [1.807, 2.05) is 0 Å². The Morgan fingerprint density at radius 1 is 1.09 bits per heavy atom. The molecule has 0 unspecified atom stereocenters. The molecular weight excluding hydrogens is 454 g/mol. The molecule has 1 heterocycles. The fraction of sp³-hybridized carbons (Fsp3) is 0.435. The Labute approximate surface area is 192 Å². The molecule has 1 fully saturated rings. The van der Waals surface area contributed by atoms with E-state index in [0.717, 1.165) is 19.3 Å². The van der Waals surface area contributed by atoms with Crippen LogP contribution < -0.4 is 9.47 Å². The van der Waals surface area contributed by atoms with Gasteiger partial charge in [-0.1, -0.05) is 24.6 Å². The van der Waals surface area contributed by atoms with E-state index in [9.17, 15) is 22.0 Å². The quantitative estimate of drug-likeness (QED) is 0.537. The summed E-state index contributed by atoms with van der Waals surface area (Å²) in [5, 5.41) is 0. The van der Waals surface area contributed by atoms with Crippen LogP contribution in [0.3, 0.4) is 0 Å². The highest BCUT2D eigenvalue weighted by molar-refractivity contribution is 7.89. The van der Waals surface area contributed by atoms with Crippen LogP contribution >= 0.6 is 0 Å². The second kappa shape index (κ2) is 10.9. The molecule has 0 N–H and O–H groups in total. The third-order valence-electron chi connectivity index (χ3n) is 5.34. The second-order valence-electron chi connectivity index (χ2n) is 7.71. The maximum absolute atomic E-state index is 13.2. The number of benzene rings is 2. The van der Waals surface area contributed by atoms with Crippen LogP contribution in [-0.4, -0.2) is 56.9 Å². The van der Waals surface area contributed by atoms with Gasteiger partial charge in [-0.2, -0.15) is 13.1 Å². The number of sulfonamides is 1. The Morgan fingerprint density at radius 3 is 2.45 bits per heavy atom. The van der Waals surface area contributed by atoms with E-state index < -0.39 is 22.5 Å². The lowest BCUT2D eigenvalue weighted by Gasteiger charge is -2.27. The van der Waals surface area contributed by atoms with Gasteiger partial charge in [0.1, 0.15) is 0 Å². The van der Waals surface area contributed by atoms with Crippen molar-refractivity contribution in [2.75, 3.05) is 26.7 Å². The Morgan fingerprint density at radius 2 is 1.79 bits per heavy atom. The zero-order valence-electron chi connectivity index (χ0n) is 18.7. The Hall–Kier alpha value is -2.72. The third-order valence-corrected chi connectivity index (χ3v) is 7.30. The van der Waals surface area contributed by atoms with Crippen LogP contribution in [0.25, 0.3) is 0 Å². The first kappa shape index (κ1) is 24.9. The van der Waals surface area contributed by atoms with Gasteiger partial charge in [-0.25, -0.2) is 8.42 Å². The molecule has 1 amide bonds. The van der Waals surface area contributed by atoms with Crippen molar-refractivity contribution in [3.63, 3.8) is 0 Å². The van der Waals surface area contributed by atoms with E-state index in [0.29, 0.717) is 18.7 Å². The molecule has 0 aromatic heterocycles. The normalized spacial score (nSPS) is 14.8. The molecule has 0 bridgehead atoms. The number of hydrogen-bond acceptors (Lipinski definition) is 5. The van der Waals surface area contributed by atoms with Gasteiger partial charge in [0.05, 0.1) is 17.1 Å². The molecular formula is C23H28F2N2O5S. The monoisotopic (exact) mass is 482 g/mol. The predicted molar refractivity (Wildman–Crippen MR) is 119 cm³/mol. The number of amides is 1. The minimum atomic E-state index is -3.80. The first-order chi connectivity index (χ1) is 15.7. The van der Waals surface area contributed by atoms with Crippen molar-refractivity contribution in [1.82, 2.24) is 9.21 Å². The van der Waals surface area contributed by atoms with Crippen LogP contribution in [0.4, 0.5) is 8.78 Å². The molecule has 0 saturated carbocycles. The van der Waals surface area contributed by atoms with Gasteiger partial charge in [-0.05, 0) is 49.6 Å². The Bertz CT molecular complexity index is 1070. The predicted octanol–water partition coefficient (Wildman–Crippen LogP) is 4.13. The van der Waals surface area contributed by atoms with Crippen molar-refractivity contribution in [3.05, 3.63) is 53.6 Å². The molecule has 0 spiro atoms. The van der Waals surface area contributed by atoms with Crippen LogP contribution in [-0.2, 0) is 16.6 Å². The van der Waals surface area contributed by atoms with Gasteiger partial charge >= 0.3 is 6.61 Å². The number of carbonyl (C=O) groups excluding carboxylic acids is 1. The Balaban J connectivity index is 1.83. The minimum Gasteiger partial charge on any atom is -0.490 e. The molecule has 180 valence electrons. The highest BCUT2D eigenvalue weighted by Crippen LogP contribution is 2.31. The van der Waals surface area contributed by atoms with Crippen LogP contribution in [0.15, 0.2) is 47.4 Å². The van der Waals surface area contributed by atoms with Crippen LogP contribution in [0.1, 0.15) is 42.1 Å². The molecule has 3 rings (SSSR count). The summed E-state index contributed by atoms with van der Waals surface area (Å²) in [6.07, 6.45) is 2.57. The van der Waals surface area contributed by atoms with Gasteiger partial charge < -0.3 is 14.4 Å². The maximum atomic E-state index is 13.2. The van der Waals surface area contributed by atoms with Gasteiger partial charge in [0.2, 0.25) is 10.0 Å². The van der Waals surface area contributed by atoms with Crippen molar-refractivity contribution < 1.29 is 31.5 Å². The average molecular weight is 483 g/mol. The molecule has 10 heteroatoms. The molecule has 0 radical (unpaired) electrons. The molecule has 0 atom stereocenters. The van der Waals surface area contributed by atoms with Crippen LogP contribution in [0.2, 0.25) is 0 Å². The number of piperidine rings is 1. The van der Waals surface area contributed by atoms with Crippen molar-refractivity contribution in [2.45, 2.75) is 44.2 Å². The van der Waals surface area contributed by atoms with E-state index in [4.69, 9.17) is 4.74 Å². The molecule has 2 aromatic carbocycles. The summed E-state index contributed by atoms with van der Waals surface area (Å²) in [5.74, 6) is -0.413. The first-order valence-electron chi connectivity index (χ1n) is 10.8. The van der Waals surface area contributed by atoms with Gasteiger partial charge in [0, 0.05) is 26.7 Å². The minimum absolute atomic E-state index is 0.0144. The smallest absolute Gasteiger partial charge is 0.387 e. The highest BCUT2D eigenvalue weighted by Gasteiger charge is 2.30. The molecule has 2 aromatic rings. The fourth-order valence-electron chi connectivity index (χ4n) is 3.78. The highest BCUT2D eigenvalue weighted by atomic mass is 32.2. The lowest BCUT2D eigenvalue weighted by Crippen LogP contribution is -2.37. The van der Waals surface area contributed by atoms with Crippen molar-refractivity contribution in [1.29, 1.82) is 0 Å². The number of nitrogens with zero attached hydrogens (tertiary/aromatic N) is 2. The summed E-state index contributed by atoms with van der Waals surface area (Å²) >= 11 is 0. The fourth-order valence-corrected chi connectivity index (χ4v) is 5.48. The number of ether oxygens (including phenoxy) is 2. The van der Waals surface area contributed by atoms with Gasteiger partial charge in [0.25, 0.3) is 5.91 Å². The molecule has 1 aliphatic rings. The van der Waals surface area contributed by atoms with Crippen molar-refractivity contribution in [3.8, 4) is 11.5 Å². The van der Waals surface area contributed by atoms with E-state index in [-0.39, 0.29) is 35.1 Å². The van der Waals surface area contributed by atoms with Gasteiger partial charge in [0.15, 0.2) is 11.5 Å². The van der Waals surface area contributed by atoms with Crippen LogP contribution in [0, 0.1) is 0 Å². The number of rotatable bonds is 9. The SMILES string of the molecule is CCOc1cc(CN(C)C(=O)c2ccccc2S(=O)(=O)N2CCCCC2)ccc1OC(F)F. The van der Waals surface area contributed by atoms with E-state index in [1.54, 1.807) is 32.2 Å². The van der Waals surface area contributed by atoms with Crippen molar-refractivity contribution in [2.24, 2.45) is 0 Å². The topological polar surface area (TPSA) is 76.2 Å². The zero-order chi connectivity index (χ0) is 24.0. The Kier molecular flexibility index (Phi) is 8.25.